The topological polar surface area (TPSA) is 12.5 Å². The summed E-state index contributed by atoms with van der Waals surface area (Å²) >= 11 is 0. The minimum absolute atomic E-state index is 0.465. The summed E-state index contributed by atoms with van der Waals surface area (Å²) in [6, 6.07) is 9.67. The van der Waals surface area contributed by atoms with Crippen LogP contribution in [-0.2, 0) is 11.3 Å². The highest BCUT2D eigenvalue weighted by molar-refractivity contribution is 6.88. The number of rotatable bonds is 7. The minimum Gasteiger partial charge on any atom is -0.383 e. The number of hydrogen-bond donors (Lipinski definition) is 0. The summed E-state index contributed by atoms with van der Waals surface area (Å²) < 4.78 is 5.25. The first-order valence-corrected chi connectivity index (χ1v) is 10.7. The maximum atomic E-state index is 5.25. The van der Waals surface area contributed by atoms with E-state index in [1.54, 1.807) is 7.11 Å². The lowest BCUT2D eigenvalue weighted by atomic mass is 10.2. The van der Waals surface area contributed by atoms with Gasteiger partial charge in [-0.15, -0.1) is 0 Å². The van der Waals surface area contributed by atoms with Crippen LogP contribution < -0.4 is 5.19 Å². The van der Waals surface area contributed by atoms with E-state index in [1.807, 2.05) is 0 Å². The largest absolute Gasteiger partial charge is 0.383 e. The molecule has 1 unspecified atom stereocenters. The second-order valence-corrected chi connectivity index (χ2v) is 11.4. The van der Waals surface area contributed by atoms with Gasteiger partial charge in [0.1, 0.15) is 0 Å². The predicted molar refractivity (Wildman–Crippen MR) is 86.8 cm³/mol. The third-order valence-corrected chi connectivity index (χ3v) is 5.71. The number of hydrogen-bond acceptors (Lipinski definition) is 2. The normalized spacial score (nSPS) is 13.8. The van der Waals surface area contributed by atoms with Crippen molar-refractivity contribution in [3.63, 3.8) is 0 Å². The van der Waals surface area contributed by atoms with Gasteiger partial charge in [-0.1, -0.05) is 56.0 Å². The molecule has 2 nitrogen and oxygen atoms in total. The molecule has 19 heavy (non-hydrogen) atoms. The van der Waals surface area contributed by atoms with Crippen molar-refractivity contribution in [3.05, 3.63) is 29.8 Å². The average molecular weight is 280 g/mol. The Balaban J connectivity index is 2.71. The highest BCUT2D eigenvalue weighted by atomic mass is 28.3. The molecule has 1 rings (SSSR count). The molecule has 0 aromatic heterocycles. The van der Waals surface area contributed by atoms with Gasteiger partial charge in [0.25, 0.3) is 0 Å². The van der Waals surface area contributed by atoms with Crippen molar-refractivity contribution in [2.75, 3.05) is 20.3 Å². The van der Waals surface area contributed by atoms with Crippen LogP contribution in [0.25, 0.3) is 0 Å². The number of nitrogens with zero attached hydrogens (tertiary/aromatic N) is 1. The molecule has 3 heteroatoms. The second kappa shape index (κ2) is 7.22. The first-order valence-electron chi connectivity index (χ1n) is 7.21. The van der Waals surface area contributed by atoms with Gasteiger partial charge >= 0.3 is 0 Å². The predicted octanol–water partition coefficient (Wildman–Crippen LogP) is 3.09. The van der Waals surface area contributed by atoms with Gasteiger partial charge in [-0.25, -0.2) is 0 Å². The van der Waals surface area contributed by atoms with Crippen LogP contribution in [-0.4, -0.2) is 39.3 Å². The van der Waals surface area contributed by atoms with Crippen molar-refractivity contribution in [1.82, 2.24) is 4.90 Å². The van der Waals surface area contributed by atoms with E-state index >= 15 is 0 Å². The van der Waals surface area contributed by atoms with Crippen LogP contribution in [0.5, 0.6) is 0 Å². The zero-order valence-electron chi connectivity index (χ0n) is 13.4. The van der Waals surface area contributed by atoms with E-state index in [0.717, 1.165) is 19.7 Å². The van der Waals surface area contributed by atoms with Crippen LogP contribution in [0.2, 0.25) is 19.6 Å². The summed E-state index contributed by atoms with van der Waals surface area (Å²) in [6.45, 7) is 14.5. The fraction of sp³-hybridized carbons (Fsp3) is 0.625. The van der Waals surface area contributed by atoms with Crippen molar-refractivity contribution in [2.24, 2.45) is 0 Å². The standard InChI is InChI=1S/C16H29NOSi/c1-7-17(14(2)13-18-3)12-15-8-10-16(11-9-15)19(4,5)6/h8-11,14H,7,12-13H2,1-6H3. The van der Waals surface area contributed by atoms with Crippen LogP contribution in [0.15, 0.2) is 24.3 Å². The van der Waals surface area contributed by atoms with Gasteiger partial charge in [-0.3, -0.25) is 4.90 Å². The van der Waals surface area contributed by atoms with Crippen LogP contribution in [0, 0.1) is 0 Å². The van der Waals surface area contributed by atoms with Crippen molar-refractivity contribution in [2.45, 2.75) is 46.1 Å². The van der Waals surface area contributed by atoms with Crippen LogP contribution in [0.1, 0.15) is 19.4 Å². The molecule has 0 saturated heterocycles. The highest BCUT2D eigenvalue weighted by Gasteiger charge is 2.16. The molecule has 0 aliphatic heterocycles. The van der Waals surface area contributed by atoms with Crippen molar-refractivity contribution < 1.29 is 4.74 Å². The summed E-state index contributed by atoms with van der Waals surface area (Å²) in [5.74, 6) is 0. The lowest BCUT2D eigenvalue weighted by Gasteiger charge is -2.27. The summed E-state index contributed by atoms with van der Waals surface area (Å²) in [6.07, 6.45) is 0. The van der Waals surface area contributed by atoms with E-state index in [-0.39, 0.29) is 0 Å². The van der Waals surface area contributed by atoms with Gasteiger partial charge in [0, 0.05) is 19.7 Å². The summed E-state index contributed by atoms with van der Waals surface area (Å²) in [4.78, 5) is 2.45. The minimum atomic E-state index is -1.17. The third-order valence-electron chi connectivity index (χ3n) is 3.64. The lowest BCUT2D eigenvalue weighted by molar-refractivity contribution is 0.0982. The SMILES string of the molecule is CCN(Cc1ccc([Si](C)(C)C)cc1)C(C)COC. The number of methoxy groups -OCH3 is 1. The molecule has 0 fully saturated rings. The van der Waals surface area contributed by atoms with Gasteiger partial charge in [-0.2, -0.15) is 0 Å². The lowest BCUT2D eigenvalue weighted by Crippen LogP contribution is -2.38. The van der Waals surface area contributed by atoms with E-state index < -0.39 is 8.07 Å². The molecule has 1 aromatic rings. The van der Waals surface area contributed by atoms with Crippen molar-refractivity contribution in [3.8, 4) is 0 Å². The third kappa shape index (κ3) is 5.09. The molecule has 0 aliphatic carbocycles. The molecule has 0 amide bonds. The Morgan fingerprint density at radius 1 is 1.16 bits per heavy atom. The fourth-order valence-electron chi connectivity index (χ4n) is 2.27. The number of ether oxygens (including phenoxy) is 1. The first-order chi connectivity index (χ1) is 8.88. The number of likely N-dealkylation sites (N-methyl/N-ethyl adjacent to an activating group) is 1. The smallest absolute Gasteiger partial charge is 0.0775 e. The number of benzene rings is 1. The molecule has 0 saturated carbocycles. The Morgan fingerprint density at radius 3 is 2.16 bits per heavy atom. The average Bonchev–Trinajstić information content (AvgIpc) is 2.35. The van der Waals surface area contributed by atoms with Gasteiger partial charge in [-0.05, 0) is 19.0 Å². The maximum Gasteiger partial charge on any atom is 0.0775 e. The molecular formula is C16H29NOSi. The summed E-state index contributed by atoms with van der Waals surface area (Å²) in [5, 5.41) is 1.53. The van der Waals surface area contributed by atoms with Gasteiger partial charge in [0.05, 0.1) is 14.7 Å². The molecule has 1 atom stereocenters. The van der Waals surface area contributed by atoms with E-state index in [2.05, 4.69) is 62.7 Å². The Labute approximate surface area is 119 Å². The zero-order valence-corrected chi connectivity index (χ0v) is 14.4. The summed E-state index contributed by atoms with van der Waals surface area (Å²) in [5.41, 5.74) is 1.40. The Kier molecular flexibility index (Phi) is 6.24. The molecule has 108 valence electrons. The molecule has 0 aliphatic rings. The Morgan fingerprint density at radius 2 is 1.74 bits per heavy atom. The molecule has 0 radical (unpaired) electrons. The van der Waals surface area contributed by atoms with Crippen molar-refractivity contribution >= 4 is 13.3 Å². The van der Waals surface area contributed by atoms with E-state index in [1.165, 1.54) is 10.8 Å². The van der Waals surface area contributed by atoms with Crippen LogP contribution in [0.4, 0.5) is 0 Å². The molecule has 0 N–H and O–H groups in total. The Bertz CT molecular complexity index is 369. The monoisotopic (exact) mass is 279 g/mol. The molecule has 0 bridgehead atoms. The summed E-state index contributed by atoms with van der Waals surface area (Å²) in [7, 11) is 0.598. The maximum absolute atomic E-state index is 5.25. The molecular weight excluding hydrogens is 250 g/mol. The molecule has 0 spiro atoms. The van der Waals surface area contributed by atoms with E-state index in [0.29, 0.717) is 6.04 Å². The van der Waals surface area contributed by atoms with Gasteiger partial charge in [0.15, 0.2) is 0 Å². The zero-order chi connectivity index (χ0) is 14.5. The fourth-order valence-corrected chi connectivity index (χ4v) is 3.44. The van der Waals surface area contributed by atoms with E-state index in [4.69, 9.17) is 4.74 Å². The Hall–Kier alpha value is -0.643. The van der Waals surface area contributed by atoms with E-state index in [9.17, 15) is 0 Å². The highest BCUT2D eigenvalue weighted by Crippen LogP contribution is 2.09. The quantitative estimate of drug-likeness (QED) is 0.711. The van der Waals surface area contributed by atoms with Crippen LogP contribution in [0.3, 0.4) is 0 Å². The van der Waals surface area contributed by atoms with Crippen LogP contribution >= 0.6 is 0 Å². The second-order valence-electron chi connectivity index (χ2n) is 6.31. The van der Waals surface area contributed by atoms with Gasteiger partial charge < -0.3 is 4.74 Å². The van der Waals surface area contributed by atoms with Crippen molar-refractivity contribution in [1.29, 1.82) is 0 Å². The molecule has 1 aromatic carbocycles. The first kappa shape index (κ1) is 16.4. The van der Waals surface area contributed by atoms with Gasteiger partial charge in [0.2, 0.25) is 0 Å². The molecule has 0 heterocycles.